The minimum absolute atomic E-state index is 0.185. The Morgan fingerprint density at radius 2 is 1.96 bits per heavy atom. The maximum Gasteiger partial charge on any atom is 0.332 e. The number of methoxy groups -OCH3 is 1. The molecule has 136 valence electrons. The SMILES string of the molecule is COC(=O)C1(C)CCC(Cn2c(=O)c3c(ncn3C)n(C)c2=O)CC1. The molecule has 1 saturated carbocycles. The van der Waals surface area contributed by atoms with Gasteiger partial charge in [0.05, 0.1) is 18.9 Å². The van der Waals surface area contributed by atoms with Crippen LogP contribution in [0.25, 0.3) is 11.2 Å². The Morgan fingerprint density at radius 1 is 1.32 bits per heavy atom. The van der Waals surface area contributed by atoms with Gasteiger partial charge in [-0.1, -0.05) is 0 Å². The van der Waals surface area contributed by atoms with Crippen molar-refractivity contribution >= 4 is 17.1 Å². The second-order valence-corrected chi connectivity index (χ2v) is 7.28. The lowest BCUT2D eigenvalue weighted by molar-refractivity contribution is -0.154. The number of esters is 1. The zero-order chi connectivity index (χ0) is 18.4. The van der Waals surface area contributed by atoms with Crippen LogP contribution in [0.2, 0.25) is 0 Å². The molecule has 1 fully saturated rings. The number of hydrogen-bond acceptors (Lipinski definition) is 5. The molecule has 2 heterocycles. The summed E-state index contributed by atoms with van der Waals surface area (Å²) in [6, 6.07) is 0. The van der Waals surface area contributed by atoms with E-state index in [0.29, 0.717) is 30.6 Å². The number of rotatable bonds is 3. The molecule has 0 unspecified atom stereocenters. The van der Waals surface area contributed by atoms with Gasteiger partial charge in [0.25, 0.3) is 5.56 Å². The van der Waals surface area contributed by atoms with Gasteiger partial charge in [-0.15, -0.1) is 0 Å². The third kappa shape index (κ3) is 2.79. The Hall–Kier alpha value is -2.38. The fourth-order valence-corrected chi connectivity index (χ4v) is 3.76. The van der Waals surface area contributed by atoms with Gasteiger partial charge in [0.2, 0.25) is 0 Å². The lowest BCUT2D eigenvalue weighted by Crippen LogP contribution is -2.42. The Labute approximate surface area is 145 Å². The van der Waals surface area contributed by atoms with Crippen molar-refractivity contribution in [3.8, 4) is 0 Å². The molecule has 2 aromatic heterocycles. The molecule has 0 radical (unpaired) electrons. The summed E-state index contributed by atoms with van der Waals surface area (Å²) in [6.07, 6.45) is 4.51. The van der Waals surface area contributed by atoms with E-state index in [2.05, 4.69) is 4.98 Å². The zero-order valence-corrected chi connectivity index (χ0v) is 15.1. The van der Waals surface area contributed by atoms with E-state index >= 15 is 0 Å². The monoisotopic (exact) mass is 348 g/mol. The number of carbonyl (C=O) groups excluding carboxylic acids is 1. The summed E-state index contributed by atoms with van der Waals surface area (Å²) in [4.78, 5) is 41.4. The quantitative estimate of drug-likeness (QED) is 0.766. The molecule has 0 atom stereocenters. The topological polar surface area (TPSA) is 88.1 Å². The van der Waals surface area contributed by atoms with E-state index in [1.807, 2.05) is 6.92 Å². The second kappa shape index (κ2) is 6.16. The van der Waals surface area contributed by atoms with E-state index in [1.54, 1.807) is 18.7 Å². The summed E-state index contributed by atoms with van der Waals surface area (Å²) in [5, 5.41) is 0. The van der Waals surface area contributed by atoms with Crippen molar-refractivity contribution in [1.29, 1.82) is 0 Å². The number of ether oxygens (including phenoxy) is 1. The molecule has 0 N–H and O–H groups in total. The Kier molecular flexibility index (Phi) is 4.30. The Morgan fingerprint density at radius 3 is 2.56 bits per heavy atom. The lowest BCUT2D eigenvalue weighted by atomic mass is 9.71. The van der Waals surface area contributed by atoms with Crippen molar-refractivity contribution in [3.05, 3.63) is 27.2 Å². The van der Waals surface area contributed by atoms with Gasteiger partial charge in [-0.05, 0) is 38.5 Å². The molecule has 0 saturated heterocycles. The van der Waals surface area contributed by atoms with E-state index in [-0.39, 0.29) is 23.1 Å². The predicted octanol–water partition coefficient (Wildman–Crippen LogP) is 0.803. The van der Waals surface area contributed by atoms with Crippen LogP contribution < -0.4 is 11.2 Å². The largest absolute Gasteiger partial charge is 0.469 e. The standard InChI is InChI=1S/C17H24N4O4/c1-17(15(23)25-4)7-5-11(6-8-17)9-21-14(22)12-13(18-10-19(12)2)20(3)16(21)24/h10-11H,5-9H2,1-4H3. The van der Waals surface area contributed by atoms with Gasteiger partial charge < -0.3 is 9.30 Å². The first-order chi connectivity index (χ1) is 11.8. The van der Waals surface area contributed by atoms with Gasteiger partial charge in [0, 0.05) is 20.6 Å². The summed E-state index contributed by atoms with van der Waals surface area (Å²) in [5.41, 5.74) is -0.294. The lowest BCUT2D eigenvalue weighted by Gasteiger charge is -2.34. The normalized spacial score (nSPS) is 23.8. The van der Waals surface area contributed by atoms with Gasteiger partial charge in [-0.25, -0.2) is 9.78 Å². The zero-order valence-electron chi connectivity index (χ0n) is 15.1. The van der Waals surface area contributed by atoms with E-state index < -0.39 is 5.41 Å². The molecular weight excluding hydrogens is 324 g/mol. The van der Waals surface area contributed by atoms with Crippen molar-refractivity contribution in [1.82, 2.24) is 18.7 Å². The highest BCUT2D eigenvalue weighted by molar-refractivity contribution is 5.76. The van der Waals surface area contributed by atoms with Crippen LogP contribution in [0.15, 0.2) is 15.9 Å². The minimum atomic E-state index is -0.465. The van der Waals surface area contributed by atoms with Gasteiger partial charge in [-0.2, -0.15) is 0 Å². The molecule has 8 heteroatoms. The summed E-state index contributed by atoms with van der Waals surface area (Å²) in [6.45, 7) is 2.28. The number of fused-ring (bicyclic) bond motifs is 1. The number of carbonyl (C=O) groups is 1. The Bertz CT molecular complexity index is 928. The predicted molar refractivity (Wildman–Crippen MR) is 92.3 cm³/mol. The van der Waals surface area contributed by atoms with Crippen LogP contribution in [0.5, 0.6) is 0 Å². The third-order valence-corrected chi connectivity index (χ3v) is 5.53. The van der Waals surface area contributed by atoms with Crippen LogP contribution in [-0.2, 0) is 30.2 Å². The number of aromatic nitrogens is 4. The molecule has 1 aliphatic carbocycles. The molecule has 0 bridgehead atoms. The number of aryl methyl sites for hydroxylation is 2. The average Bonchev–Trinajstić information content (AvgIpc) is 2.99. The van der Waals surface area contributed by atoms with Crippen LogP contribution >= 0.6 is 0 Å². The molecule has 8 nitrogen and oxygen atoms in total. The highest BCUT2D eigenvalue weighted by atomic mass is 16.5. The van der Waals surface area contributed by atoms with E-state index in [0.717, 1.165) is 12.8 Å². The molecule has 25 heavy (non-hydrogen) atoms. The van der Waals surface area contributed by atoms with Crippen molar-refractivity contribution in [2.45, 2.75) is 39.2 Å². The highest BCUT2D eigenvalue weighted by Crippen LogP contribution is 2.39. The van der Waals surface area contributed by atoms with Crippen molar-refractivity contribution < 1.29 is 9.53 Å². The van der Waals surface area contributed by atoms with Crippen molar-refractivity contribution in [2.75, 3.05) is 7.11 Å². The van der Waals surface area contributed by atoms with Crippen LogP contribution in [0.1, 0.15) is 32.6 Å². The number of imidazole rings is 1. The first-order valence-electron chi connectivity index (χ1n) is 8.48. The third-order valence-electron chi connectivity index (χ3n) is 5.53. The second-order valence-electron chi connectivity index (χ2n) is 7.28. The van der Waals surface area contributed by atoms with Crippen molar-refractivity contribution in [3.63, 3.8) is 0 Å². The molecule has 2 aromatic rings. The summed E-state index contributed by atoms with van der Waals surface area (Å²) in [5.74, 6) is 0.00384. The number of nitrogens with zero attached hydrogens (tertiary/aromatic N) is 4. The molecular formula is C17H24N4O4. The van der Waals surface area contributed by atoms with E-state index in [1.165, 1.54) is 22.6 Å². The van der Waals surface area contributed by atoms with E-state index in [4.69, 9.17) is 4.74 Å². The Balaban J connectivity index is 1.88. The average molecular weight is 348 g/mol. The van der Waals surface area contributed by atoms with Crippen molar-refractivity contribution in [2.24, 2.45) is 25.4 Å². The van der Waals surface area contributed by atoms with Crippen LogP contribution in [0, 0.1) is 11.3 Å². The summed E-state index contributed by atoms with van der Waals surface area (Å²) in [7, 11) is 4.78. The van der Waals surface area contributed by atoms with Gasteiger partial charge in [0.15, 0.2) is 11.2 Å². The van der Waals surface area contributed by atoms with Crippen LogP contribution in [-0.4, -0.2) is 31.8 Å². The van der Waals surface area contributed by atoms with E-state index in [9.17, 15) is 14.4 Å². The summed E-state index contributed by atoms with van der Waals surface area (Å²) >= 11 is 0. The first-order valence-corrected chi connectivity index (χ1v) is 8.48. The van der Waals surface area contributed by atoms with Crippen LogP contribution in [0.4, 0.5) is 0 Å². The van der Waals surface area contributed by atoms with Gasteiger partial charge in [0.1, 0.15) is 0 Å². The summed E-state index contributed by atoms with van der Waals surface area (Å²) < 4.78 is 9.25. The maximum atomic E-state index is 12.8. The van der Waals surface area contributed by atoms with Gasteiger partial charge >= 0.3 is 11.7 Å². The van der Waals surface area contributed by atoms with Gasteiger partial charge in [-0.3, -0.25) is 18.7 Å². The number of hydrogen-bond donors (Lipinski definition) is 0. The molecule has 1 aliphatic rings. The first kappa shape index (κ1) is 17.4. The molecule has 3 rings (SSSR count). The van der Waals surface area contributed by atoms with Crippen LogP contribution in [0.3, 0.4) is 0 Å². The maximum absolute atomic E-state index is 12.8. The fourth-order valence-electron chi connectivity index (χ4n) is 3.76. The molecule has 0 amide bonds. The molecule has 0 spiro atoms. The smallest absolute Gasteiger partial charge is 0.332 e. The molecule has 0 aromatic carbocycles. The fraction of sp³-hybridized carbons (Fsp3) is 0.647. The highest BCUT2D eigenvalue weighted by Gasteiger charge is 2.38. The minimum Gasteiger partial charge on any atom is -0.469 e. The molecule has 0 aliphatic heterocycles.